The fraction of sp³-hybridized carbons (Fsp3) is 0.476. The number of fused-ring (bicyclic) bond motifs is 1. The van der Waals surface area contributed by atoms with Crippen LogP contribution < -0.4 is 14.5 Å². The van der Waals surface area contributed by atoms with Crippen molar-refractivity contribution in [1.82, 2.24) is 9.97 Å². The van der Waals surface area contributed by atoms with E-state index >= 15 is 0 Å². The third-order valence-corrected chi connectivity index (χ3v) is 5.64. The lowest BCUT2D eigenvalue weighted by molar-refractivity contribution is -0.117. The lowest BCUT2D eigenvalue weighted by atomic mass is 9.80. The number of ether oxygens (including phenoxy) is 1. The molecule has 1 aromatic carbocycles. The first kappa shape index (κ1) is 20.4. The van der Waals surface area contributed by atoms with Crippen LogP contribution in [-0.2, 0) is 11.2 Å². The van der Waals surface area contributed by atoms with Gasteiger partial charge in [0.1, 0.15) is 17.3 Å². The second-order valence-corrected chi connectivity index (χ2v) is 7.63. The molecule has 2 aromatic rings. The number of halogens is 3. The minimum absolute atomic E-state index is 0.0113. The molecule has 1 saturated carbocycles. The summed E-state index contributed by atoms with van der Waals surface area (Å²) in [5.74, 6) is -2.24. The van der Waals surface area contributed by atoms with Crippen molar-refractivity contribution in [2.24, 2.45) is 5.92 Å². The maximum atomic E-state index is 13.3. The number of amides is 1. The SMILES string of the molecule is CCN1CC(=O)N(CC)c2cnc(CC3CC(Oc4cc(F)c(F)c(F)c4)C3)nc21. The Morgan fingerprint density at radius 3 is 2.47 bits per heavy atom. The van der Waals surface area contributed by atoms with Gasteiger partial charge in [-0.1, -0.05) is 0 Å². The van der Waals surface area contributed by atoms with Crippen LogP contribution in [0.4, 0.5) is 24.7 Å². The average Bonchev–Trinajstić information content (AvgIpc) is 2.69. The second-order valence-electron chi connectivity index (χ2n) is 7.63. The van der Waals surface area contributed by atoms with Crippen LogP contribution in [0.1, 0.15) is 32.5 Å². The standard InChI is InChI=1S/C21H23F3N4O2/c1-3-27-11-19(29)28(4-2)17-10-25-18(26-21(17)27)7-12-5-13(6-12)30-14-8-15(22)20(24)16(23)9-14/h8-10,12-13H,3-7,11H2,1-2H3. The van der Waals surface area contributed by atoms with Gasteiger partial charge in [0.2, 0.25) is 5.91 Å². The molecule has 0 unspecified atom stereocenters. The summed E-state index contributed by atoms with van der Waals surface area (Å²) in [6, 6.07) is 1.72. The van der Waals surface area contributed by atoms with Crippen LogP contribution in [0, 0.1) is 23.4 Å². The number of anilines is 2. The molecule has 0 bridgehead atoms. The van der Waals surface area contributed by atoms with Crippen molar-refractivity contribution in [1.29, 1.82) is 0 Å². The molecule has 0 atom stereocenters. The smallest absolute Gasteiger partial charge is 0.246 e. The first-order chi connectivity index (χ1) is 14.4. The van der Waals surface area contributed by atoms with E-state index in [0.717, 1.165) is 23.6 Å². The summed E-state index contributed by atoms with van der Waals surface area (Å²) in [6.45, 7) is 5.45. The van der Waals surface area contributed by atoms with Crippen molar-refractivity contribution in [3.63, 3.8) is 0 Å². The molecule has 0 saturated heterocycles. The summed E-state index contributed by atoms with van der Waals surface area (Å²) in [4.78, 5) is 25.1. The van der Waals surface area contributed by atoms with Crippen LogP contribution in [0.15, 0.2) is 18.3 Å². The molecule has 0 N–H and O–H groups in total. The molecule has 1 aliphatic carbocycles. The monoisotopic (exact) mass is 420 g/mol. The molecule has 1 amide bonds. The molecule has 1 aliphatic heterocycles. The Hall–Kier alpha value is -2.84. The highest BCUT2D eigenvalue weighted by atomic mass is 19.2. The van der Waals surface area contributed by atoms with E-state index in [2.05, 4.69) is 4.98 Å². The zero-order valence-corrected chi connectivity index (χ0v) is 16.9. The molecular weight excluding hydrogens is 397 g/mol. The highest BCUT2D eigenvalue weighted by molar-refractivity contribution is 6.02. The maximum Gasteiger partial charge on any atom is 0.246 e. The zero-order chi connectivity index (χ0) is 21.4. The molecule has 2 aliphatic rings. The number of rotatable bonds is 6. The van der Waals surface area contributed by atoms with Crippen LogP contribution in [-0.4, -0.2) is 41.6 Å². The third kappa shape index (κ3) is 3.80. The largest absolute Gasteiger partial charge is 0.490 e. The van der Waals surface area contributed by atoms with Crippen LogP contribution in [0.2, 0.25) is 0 Å². The van der Waals surface area contributed by atoms with Crippen LogP contribution in [0.3, 0.4) is 0 Å². The van der Waals surface area contributed by atoms with Gasteiger partial charge in [-0.05, 0) is 32.6 Å². The topological polar surface area (TPSA) is 58.6 Å². The lowest BCUT2D eigenvalue weighted by Gasteiger charge is -2.36. The Labute approximate surface area is 172 Å². The highest BCUT2D eigenvalue weighted by Gasteiger charge is 2.34. The van der Waals surface area contributed by atoms with Gasteiger partial charge in [-0.3, -0.25) is 4.79 Å². The summed E-state index contributed by atoms with van der Waals surface area (Å²) in [7, 11) is 0. The summed E-state index contributed by atoms with van der Waals surface area (Å²) in [5.41, 5.74) is 0.731. The summed E-state index contributed by atoms with van der Waals surface area (Å²) < 4.78 is 45.2. The minimum Gasteiger partial charge on any atom is -0.490 e. The zero-order valence-electron chi connectivity index (χ0n) is 16.9. The number of aromatic nitrogens is 2. The fourth-order valence-electron chi connectivity index (χ4n) is 3.98. The number of nitrogens with zero attached hydrogens (tertiary/aromatic N) is 4. The van der Waals surface area contributed by atoms with E-state index in [4.69, 9.17) is 9.72 Å². The Morgan fingerprint density at radius 2 is 1.83 bits per heavy atom. The van der Waals surface area contributed by atoms with Gasteiger partial charge >= 0.3 is 0 Å². The number of likely N-dealkylation sites (N-methyl/N-ethyl adjacent to an activating group) is 2. The first-order valence-electron chi connectivity index (χ1n) is 10.1. The van der Waals surface area contributed by atoms with Crippen LogP contribution in [0.5, 0.6) is 5.75 Å². The number of carbonyl (C=O) groups excluding carboxylic acids is 1. The molecule has 4 rings (SSSR count). The third-order valence-electron chi connectivity index (χ3n) is 5.64. The van der Waals surface area contributed by atoms with Crippen molar-refractivity contribution in [3.05, 3.63) is 41.6 Å². The summed E-state index contributed by atoms with van der Waals surface area (Å²) in [6.07, 6.45) is 3.56. The van der Waals surface area contributed by atoms with Crippen molar-refractivity contribution in [3.8, 4) is 5.75 Å². The molecule has 6 nitrogen and oxygen atoms in total. The van der Waals surface area contributed by atoms with Gasteiger partial charge in [-0.2, -0.15) is 0 Å². The summed E-state index contributed by atoms with van der Waals surface area (Å²) in [5, 5.41) is 0. The van der Waals surface area contributed by atoms with Gasteiger partial charge in [-0.15, -0.1) is 0 Å². The van der Waals surface area contributed by atoms with Crippen LogP contribution >= 0.6 is 0 Å². The molecule has 1 aromatic heterocycles. The van der Waals surface area contributed by atoms with E-state index in [1.165, 1.54) is 0 Å². The van der Waals surface area contributed by atoms with Gasteiger partial charge in [-0.25, -0.2) is 23.1 Å². The van der Waals surface area contributed by atoms with Crippen molar-refractivity contribution >= 4 is 17.4 Å². The van der Waals surface area contributed by atoms with E-state index in [-0.39, 0.29) is 23.7 Å². The van der Waals surface area contributed by atoms with Crippen LogP contribution in [0.25, 0.3) is 0 Å². The van der Waals surface area contributed by atoms with E-state index < -0.39 is 17.5 Å². The van der Waals surface area contributed by atoms with Crippen molar-refractivity contribution in [2.75, 3.05) is 29.4 Å². The number of carbonyl (C=O) groups is 1. The predicted molar refractivity (Wildman–Crippen MR) is 105 cm³/mol. The summed E-state index contributed by atoms with van der Waals surface area (Å²) >= 11 is 0. The van der Waals surface area contributed by atoms with Gasteiger partial charge in [0.25, 0.3) is 0 Å². The van der Waals surface area contributed by atoms with Gasteiger partial charge in [0.05, 0.1) is 18.8 Å². The Kier molecular flexibility index (Phi) is 5.53. The predicted octanol–water partition coefficient (Wildman–Crippen LogP) is 3.49. The van der Waals surface area contributed by atoms with Gasteiger partial charge in [0, 0.05) is 31.6 Å². The molecule has 2 heterocycles. The van der Waals surface area contributed by atoms with Crippen molar-refractivity contribution in [2.45, 2.75) is 39.2 Å². The highest BCUT2D eigenvalue weighted by Crippen LogP contribution is 2.36. The number of hydrogen-bond acceptors (Lipinski definition) is 5. The van der Waals surface area contributed by atoms with Crippen molar-refractivity contribution < 1.29 is 22.7 Å². The average molecular weight is 420 g/mol. The van der Waals surface area contributed by atoms with E-state index in [9.17, 15) is 18.0 Å². The van der Waals surface area contributed by atoms with E-state index in [1.54, 1.807) is 11.1 Å². The molecule has 0 spiro atoms. The Morgan fingerprint density at radius 1 is 1.13 bits per heavy atom. The number of benzene rings is 1. The molecule has 30 heavy (non-hydrogen) atoms. The van der Waals surface area contributed by atoms with E-state index in [0.29, 0.717) is 44.7 Å². The van der Waals surface area contributed by atoms with Gasteiger partial charge in [0.15, 0.2) is 23.3 Å². The molecule has 160 valence electrons. The Balaban J connectivity index is 1.39. The minimum atomic E-state index is -1.50. The Bertz CT molecular complexity index is 942. The molecule has 9 heteroatoms. The normalized spacial score (nSPS) is 20.8. The maximum absolute atomic E-state index is 13.3. The van der Waals surface area contributed by atoms with E-state index in [1.807, 2.05) is 18.7 Å². The quantitative estimate of drug-likeness (QED) is 0.670. The number of hydrogen-bond donors (Lipinski definition) is 0. The van der Waals surface area contributed by atoms with Gasteiger partial charge < -0.3 is 14.5 Å². The fourth-order valence-corrected chi connectivity index (χ4v) is 3.98. The molecular formula is C21H23F3N4O2. The molecule has 0 radical (unpaired) electrons. The lowest BCUT2D eigenvalue weighted by Crippen LogP contribution is -2.46. The molecule has 1 fully saturated rings. The first-order valence-corrected chi connectivity index (χ1v) is 10.1. The second kappa shape index (κ2) is 8.12.